The van der Waals surface area contributed by atoms with Gasteiger partial charge in [-0.2, -0.15) is 4.98 Å². The minimum atomic E-state index is -0.659. The normalized spacial score (nSPS) is 13.4. The Morgan fingerprint density at radius 2 is 1.84 bits per heavy atom. The summed E-state index contributed by atoms with van der Waals surface area (Å²) in [7, 11) is 0. The van der Waals surface area contributed by atoms with Crippen molar-refractivity contribution in [2.45, 2.75) is 38.8 Å². The monoisotopic (exact) mass is 427 g/mol. The Balaban J connectivity index is 1.31. The zero-order valence-electron chi connectivity index (χ0n) is 17.6. The van der Waals surface area contributed by atoms with Crippen LogP contribution < -0.4 is 16.3 Å². The fourth-order valence-corrected chi connectivity index (χ4v) is 3.37. The quantitative estimate of drug-likeness (QED) is 0.531. The first-order valence-corrected chi connectivity index (χ1v) is 10.7. The number of amides is 2. The number of nitrogens with zero attached hydrogens (tertiary/aromatic N) is 3. The fraction of sp³-hybridized carbons (Fsp3) is 0.455. The van der Waals surface area contributed by atoms with Crippen molar-refractivity contribution in [1.29, 1.82) is 0 Å². The number of benzene rings is 1. The maximum Gasteiger partial charge on any atom is 0.413 e. The fourth-order valence-electron chi connectivity index (χ4n) is 3.37. The van der Waals surface area contributed by atoms with E-state index in [2.05, 4.69) is 15.6 Å². The lowest BCUT2D eigenvalue weighted by Gasteiger charge is -2.15. The summed E-state index contributed by atoms with van der Waals surface area (Å²) in [5.41, 5.74) is 0.451. The van der Waals surface area contributed by atoms with Crippen LogP contribution >= 0.6 is 0 Å². The Kier molecular flexibility index (Phi) is 8.59. The highest BCUT2D eigenvalue weighted by Crippen LogP contribution is 2.09. The van der Waals surface area contributed by atoms with Crippen LogP contribution in [0.5, 0.6) is 0 Å². The van der Waals surface area contributed by atoms with Crippen LogP contribution in [0.2, 0.25) is 0 Å². The third-order valence-corrected chi connectivity index (χ3v) is 5.02. The minimum absolute atomic E-state index is 0.144. The molecule has 9 heteroatoms. The van der Waals surface area contributed by atoms with E-state index in [1.54, 1.807) is 12.3 Å². The smallest absolute Gasteiger partial charge is 0.413 e. The number of carbonyl (C=O) groups excluding carboxylic acids is 2. The van der Waals surface area contributed by atoms with Crippen molar-refractivity contribution in [3.8, 4) is 0 Å². The molecule has 0 aliphatic carbocycles. The maximum atomic E-state index is 12.1. The molecule has 0 radical (unpaired) electrons. The SMILES string of the molecule is O=C(Nc1ccn(CCCNCCCN2CCCC2=O)c(=O)n1)OCc1ccccc1. The highest BCUT2D eigenvalue weighted by Gasteiger charge is 2.18. The average molecular weight is 428 g/mol. The van der Waals surface area contributed by atoms with Gasteiger partial charge in [-0.15, -0.1) is 0 Å². The Morgan fingerprint density at radius 1 is 1.06 bits per heavy atom. The van der Waals surface area contributed by atoms with Gasteiger partial charge in [-0.1, -0.05) is 30.3 Å². The predicted octanol–water partition coefficient (Wildman–Crippen LogP) is 1.98. The minimum Gasteiger partial charge on any atom is -0.444 e. The lowest BCUT2D eigenvalue weighted by Crippen LogP contribution is -2.29. The molecular weight excluding hydrogens is 398 g/mol. The van der Waals surface area contributed by atoms with Crippen LogP contribution in [-0.4, -0.2) is 52.6 Å². The molecular formula is C22H29N5O4. The second-order valence-corrected chi connectivity index (χ2v) is 7.42. The summed E-state index contributed by atoms with van der Waals surface area (Å²) in [6.45, 7) is 3.96. The largest absolute Gasteiger partial charge is 0.444 e. The number of carbonyl (C=O) groups is 2. The molecule has 1 aliphatic rings. The third kappa shape index (κ3) is 7.53. The number of hydrogen-bond acceptors (Lipinski definition) is 6. The molecule has 0 bridgehead atoms. The molecule has 1 aromatic heterocycles. The van der Waals surface area contributed by atoms with Gasteiger partial charge in [-0.3, -0.25) is 14.7 Å². The Hall–Kier alpha value is -3.20. The molecule has 31 heavy (non-hydrogen) atoms. The van der Waals surface area contributed by atoms with Crippen LogP contribution in [0.25, 0.3) is 0 Å². The van der Waals surface area contributed by atoms with Crippen molar-refractivity contribution in [2.75, 3.05) is 31.5 Å². The number of nitrogens with one attached hydrogen (secondary N) is 2. The standard InChI is InChI=1S/C22H29N5O4/c28-20-9-4-13-26(20)14-5-11-23-12-6-15-27-16-10-19(24-21(27)29)25-22(30)31-17-18-7-2-1-3-8-18/h1-3,7-8,10,16,23H,4-6,9,11-15,17H2,(H,24,25,29,30). The van der Waals surface area contributed by atoms with E-state index >= 15 is 0 Å². The predicted molar refractivity (Wildman–Crippen MR) is 117 cm³/mol. The van der Waals surface area contributed by atoms with E-state index in [4.69, 9.17) is 4.74 Å². The molecule has 0 saturated carbocycles. The number of aromatic nitrogens is 2. The van der Waals surface area contributed by atoms with Crippen LogP contribution in [0.3, 0.4) is 0 Å². The molecule has 2 heterocycles. The van der Waals surface area contributed by atoms with E-state index in [1.807, 2.05) is 35.2 Å². The summed E-state index contributed by atoms with van der Waals surface area (Å²) in [5.74, 6) is 0.420. The zero-order valence-corrected chi connectivity index (χ0v) is 17.6. The van der Waals surface area contributed by atoms with E-state index in [1.165, 1.54) is 4.57 Å². The Bertz CT molecular complexity index is 916. The van der Waals surface area contributed by atoms with Gasteiger partial charge in [0.15, 0.2) is 0 Å². The third-order valence-electron chi connectivity index (χ3n) is 5.02. The summed E-state index contributed by atoms with van der Waals surface area (Å²) >= 11 is 0. The summed E-state index contributed by atoms with van der Waals surface area (Å²) < 4.78 is 6.63. The lowest BCUT2D eigenvalue weighted by atomic mass is 10.2. The molecule has 1 fully saturated rings. The Labute approximate surface area is 181 Å². The van der Waals surface area contributed by atoms with E-state index in [0.29, 0.717) is 13.0 Å². The second-order valence-electron chi connectivity index (χ2n) is 7.42. The van der Waals surface area contributed by atoms with Gasteiger partial charge in [0.25, 0.3) is 0 Å². The molecule has 1 aliphatic heterocycles. The van der Waals surface area contributed by atoms with Gasteiger partial charge in [0.1, 0.15) is 12.4 Å². The molecule has 9 nitrogen and oxygen atoms in total. The molecule has 0 atom stereocenters. The highest BCUT2D eigenvalue weighted by atomic mass is 16.5. The molecule has 3 rings (SSSR count). The molecule has 1 saturated heterocycles. The summed E-state index contributed by atoms with van der Waals surface area (Å²) in [6, 6.07) is 10.9. The first-order chi connectivity index (χ1) is 15.1. The maximum absolute atomic E-state index is 12.1. The van der Waals surface area contributed by atoms with Crippen molar-refractivity contribution >= 4 is 17.8 Å². The zero-order chi connectivity index (χ0) is 21.9. The Morgan fingerprint density at radius 3 is 2.55 bits per heavy atom. The van der Waals surface area contributed by atoms with Crippen LogP contribution in [-0.2, 0) is 22.7 Å². The molecule has 1 aromatic carbocycles. The topological polar surface area (TPSA) is 106 Å². The first kappa shape index (κ1) is 22.5. The molecule has 0 spiro atoms. The lowest BCUT2D eigenvalue weighted by molar-refractivity contribution is -0.127. The summed E-state index contributed by atoms with van der Waals surface area (Å²) in [4.78, 5) is 41.4. The number of ether oxygens (including phenoxy) is 1. The van der Waals surface area contributed by atoms with Gasteiger partial charge < -0.3 is 15.0 Å². The van der Waals surface area contributed by atoms with Gasteiger partial charge in [0.2, 0.25) is 5.91 Å². The number of anilines is 1. The molecule has 0 unspecified atom stereocenters. The van der Waals surface area contributed by atoms with Crippen molar-refractivity contribution in [1.82, 2.24) is 19.8 Å². The number of aryl methyl sites for hydroxylation is 1. The molecule has 2 N–H and O–H groups in total. The van der Waals surface area contributed by atoms with Crippen LogP contribution in [0.4, 0.5) is 10.6 Å². The van der Waals surface area contributed by atoms with Gasteiger partial charge in [-0.25, -0.2) is 9.59 Å². The van der Waals surface area contributed by atoms with E-state index in [0.717, 1.165) is 51.0 Å². The van der Waals surface area contributed by atoms with Gasteiger partial charge >= 0.3 is 11.8 Å². The second kappa shape index (κ2) is 11.8. The van der Waals surface area contributed by atoms with Crippen molar-refractivity contribution in [3.63, 3.8) is 0 Å². The summed E-state index contributed by atoms with van der Waals surface area (Å²) in [6.07, 6.45) is 4.30. The molecule has 166 valence electrons. The van der Waals surface area contributed by atoms with Crippen LogP contribution in [0, 0.1) is 0 Å². The number of hydrogen-bond donors (Lipinski definition) is 2. The van der Waals surface area contributed by atoms with Gasteiger partial charge in [0, 0.05) is 32.3 Å². The van der Waals surface area contributed by atoms with E-state index in [-0.39, 0.29) is 18.3 Å². The summed E-state index contributed by atoms with van der Waals surface area (Å²) in [5, 5.41) is 5.80. The average Bonchev–Trinajstić information content (AvgIpc) is 3.18. The van der Waals surface area contributed by atoms with Crippen LogP contribution in [0.1, 0.15) is 31.2 Å². The van der Waals surface area contributed by atoms with Gasteiger partial charge in [-0.05, 0) is 44.0 Å². The van der Waals surface area contributed by atoms with E-state index < -0.39 is 11.8 Å². The first-order valence-electron chi connectivity index (χ1n) is 10.7. The number of rotatable bonds is 11. The van der Waals surface area contributed by atoms with Crippen molar-refractivity contribution in [2.24, 2.45) is 0 Å². The number of likely N-dealkylation sites (tertiary alicyclic amines) is 1. The van der Waals surface area contributed by atoms with Gasteiger partial charge in [0.05, 0.1) is 0 Å². The molecule has 2 aromatic rings. The van der Waals surface area contributed by atoms with E-state index in [9.17, 15) is 14.4 Å². The van der Waals surface area contributed by atoms with Crippen molar-refractivity contribution in [3.05, 3.63) is 58.6 Å². The highest BCUT2D eigenvalue weighted by molar-refractivity contribution is 5.83. The molecule has 2 amide bonds. The van der Waals surface area contributed by atoms with Crippen LogP contribution in [0.15, 0.2) is 47.4 Å². The van der Waals surface area contributed by atoms with Crippen molar-refractivity contribution < 1.29 is 14.3 Å².